The van der Waals surface area contributed by atoms with Crippen LogP contribution in [0.4, 0.5) is 15.8 Å². The molecule has 0 aromatic heterocycles. The lowest BCUT2D eigenvalue weighted by molar-refractivity contribution is -0.384. The number of aliphatic carboxylic acids is 1. The molecule has 1 N–H and O–H groups in total. The fraction of sp³-hybridized carbons (Fsp3) is 0.417. The van der Waals surface area contributed by atoms with Crippen molar-refractivity contribution in [2.24, 2.45) is 5.92 Å². The van der Waals surface area contributed by atoms with Crippen molar-refractivity contribution < 1.29 is 19.2 Å². The van der Waals surface area contributed by atoms with Crippen LogP contribution in [-0.4, -0.2) is 29.1 Å². The number of hydrogen-bond acceptors (Lipinski definition) is 4. The van der Waals surface area contributed by atoms with Crippen LogP contribution in [0, 0.1) is 25.4 Å². The van der Waals surface area contributed by atoms with Crippen LogP contribution in [0.25, 0.3) is 0 Å². The van der Waals surface area contributed by atoms with Gasteiger partial charge in [-0.3, -0.25) is 14.9 Å². The molecule has 110 valence electrons. The Bertz CT molecular complexity index is 536. The molecule has 1 aromatic carbocycles. The number of nitrogens with zero attached hydrogens (tertiary/aromatic N) is 2. The van der Waals surface area contributed by atoms with E-state index in [9.17, 15) is 19.3 Å². The maximum absolute atomic E-state index is 13.7. The average Bonchev–Trinajstić information content (AvgIpc) is 2.29. The highest BCUT2D eigenvalue weighted by molar-refractivity contribution is 14.1. The second-order valence-electron chi connectivity index (χ2n) is 4.68. The van der Waals surface area contributed by atoms with E-state index in [4.69, 9.17) is 5.11 Å². The predicted octanol–water partition coefficient (Wildman–Crippen LogP) is 2.89. The van der Waals surface area contributed by atoms with Gasteiger partial charge in [0.1, 0.15) is 18.0 Å². The van der Waals surface area contributed by atoms with E-state index < -0.39 is 23.3 Å². The van der Waals surface area contributed by atoms with Crippen molar-refractivity contribution in [3.8, 4) is 0 Å². The summed E-state index contributed by atoms with van der Waals surface area (Å²) in [6.07, 6.45) is 0. The smallest absolute Gasteiger partial charge is 0.323 e. The second kappa shape index (κ2) is 6.82. The van der Waals surface area contributed by atoms with Crippen molar-refractivity contribution in [3.63, 3.8) is 0 Å². The number of nitro groups is 1. The molecule has 0 unspecified atom stereocenters. The Balaban J connectivity index is 3.33. The van der Waals surface area contributed by atoms with Gasteiger partial charge in [0.2, 0.25) is 0 Å². The van der Waals surface area contributed by atoms with E-state index in [0.29, 0.717) is 0 Å². The van der Waals surface area contributed by atoms with Crippen molar-refractivity contribution in [3.05, 3.63) is 31.6 Å². The van der Waals surface area contributed by atoms with Gasteiger partial charge in [-0.2, -0.15) is 0 Å². The zero-order valence-corrected chi connectivity index (χ0v) is 13.1. The summed E-state index contributed by atoms with van der Waals surface area (Å²) in [7, 11) is 0. The van der Waals surface area contributed by atoms with Crippen LogP contribution in [0.3, 0.4) is 0 Å². The Hall–Kier alpha value is -1.45. The van der Waals surface area contributed by atoms with Gasteiger partial charge in [0.25, 0.3) is 5.69 Å². The summed E-state index contributed by atoms with van der Waals surface area (Å²) in [5, 5.41) is 20.0. The van der Waals surface area contributed by atoms with Crippen LogP contribution in [0.1, 0.15) is 13.8 Å². The number of halogens is 2. The minimum absolute atomic E-state index is 0.0102. The number of carboxylic acids is 1. The molecule has 0 aliphatic heterocycles. The topological polar surface area (TPSA) is 83.7 Å². The molecular formula is C12H14FIN2O4. The van der Waals surface area contributed by atoms with E-state index in [2.05, 4.69) is 0 Å². The first kappa shape index (κ1) is 16.6. The normalized spacial score (nSPS) is 10.7. The summed E-state index contributed by atoms with van der Waals surface area (Å²) in [6, 6.07) is 2.13. The van der Waals surface area contributed by atoms with Crippen LogP contribution in [0.5, 0.6) is 0 Å². The van der Waals surface area contributed by atoms with E-state index in [-0.39, 0.29) is 27.4 Å². The van der Waals surface area contributed by atoms with Gasteiger partial charge in [0, 0.05) is 18.7 Å². The molecule has 0 spiro atoms. The molecule has 0 amide bonds. The maximum Gasteiger partial charge on any atom is 0.323 e. The molecule has 8 heteroatoms. The molecule has 0 heterocycles. The summed E-state index contributed by atoms with van der Waals surface area (Å²) in [6.45, 7) is 3.57. The number of nitro benzene ring substituents is 1. The van der Waals surface area contributed by atoms with Gasteiger partial charge in [-0.15, -0.1) is 0 Å². The lowest BCUT2D eigenvalue weighted by Gasteiger charge is -2.24. The van der Waals surface area contributed by atoms with Crippen molar-refractivity contribution in [2.75, 3.05) is 18.0 Å². The van der Waals surface area contributed by atoms with Crippen molar-refractivity contribution >= 4 is 39.9 Å². The molecule has 0 atom stereocenters. The zero-order chi connectivity index (χ0) is 15.4. The van der Waals surface area contributed by atoms with Crippen molar-refractivity contribution in [1.29, 1.82) is 0 Å². The van der Waals surface area contributed by atoms with Gasteiger partial charge in [-0.05, 0) is 28.5 Å². The largest absolute Gasteiger partial charge is 0.480 e. The predicted molar refractivity (Wildman–Crippen MR) is 80.5 cm³/mol. The lowest BCUT2D eigenvalue weighted by atomic mass is 10.1. The second-order valence-corrected chi connectivity index (χ2v) is 5.84. The van der Waals surface area contributed by atoms with Gasteiger partial charge < -0.3 is 10.0 Å². The maximum atomic E-state index is 13.7. The summed E-state index contributed by atoms with van der Waals surface area (Å²) in [4.78, 5) is 22.6. The van der Waals surface area contributed by atoms with Gasteiger partial charge in [-0.1, -0.05) is 13.8 Å². The molecule has 0 fully saturated rings. The Kier molecular flexibility index (Phi) is 5.66. The molecule has 20 heavy (non-hydrogen) atoms. The number of benzene rings is 1. The Morgan fingerprint density at radius 1 is 1.55 bits per heavy atom. The molecule has 0 saturated carbocycles. The molecule has 6 nitrogen and oxygen atoms in total. The minimum Gasteiger partial charge on any atom is -0.480 e. The fourth-order valence-electron chi connectivity index (χ4n) is 1.78. The highest BCUT2D eigenvalue weighted by Gasteiger charge is 2.24. The summed E-state index contributed by atoms with van der Waals surface area (Å²) in [5.41, 5.74) is -0.304. The molecule has 0 bridgehead atoms. The van der Waals surface area contributed by atoms with E-state index in [1.54, 1.807) is 22.6 Å². The highest BCUT2D eigenvalue weighted by Crippen LogP contribution is 2.32. The van der Waals surface area contributed by atoms with Crippen LogP contribution in [-0.2, 0) is 4.79 Å². The number of carbonyl (C=O) groups is 1. The molecule has 0 aliphatic rings. The first-order valence-corrected chi connectivity index (χ1v) is 6.90. The van der Waals surface area contributed by atoms with E-state index in [0.717, 1.165) is 12.1 Å². The molecule has 0 radical (unpaired) electrons. The van der Waals surface area contributed by atoms with E-state index >= 15 is 0 Å². The lowest BCUT2D eigenvalue weighted by Crippen LogP contribution is -2.33. The van der Waals surface area contributed by atoms with Gasteiger partial charge in [0.15, 0.2) is 0 Å². The van der Waals surface area contributed by atoms with Gasteiger partial charge in [0.05, 0.1) is 8.49 Å². The Morgan fingerprint density at radius 2 is 2.15 bits per heavy atom. The number of hydrogen-bond donors (Lipinski definition) is 1. The monoisotopic (exact) mass is 396 g/mol. The number of rotatable bonds is 6. The van der Waals surface area contributed by atoms with E-state index in [1.165, 1.54) is 4.90 Å². The molecular weight excluding hydrogens is 382 g/mol. The quantitative estimate of drug-likeness (QED) is 0.454. The van der Waals surface area contributed by atoms with Crippen LogP contribution in [0.15, 0.2) is 12.1 Å². The fourth-order valence-corrected chi connectivity index (χ4v) is 2.23. The zero-order valence-electron chi connectivity index (χ0n) is 11.0. The Labute approximate surface area is 128 Å². The first-order chi connectivity index (χ1) is 9.22. The van der Waals surface area contributed by atoms with E-state index in [1.807, 2.05) is 13.8 Å². The van der Waals surface area contributed by atoms with Crippen molar-refractivity contribution in [1.82, 2.24) is 0 Å². The summed E-state index contributed by atoms with van der Waals surface area (Å²) < 4.78 is 13.8. The number of carboxylic acid groups (broad SMARTS) is 1. The molecule has 0 aliphatic carbocycles. The average molecular weight is 396 g/mol. The highest BCUT2D eigenvalue weighted by atomic mass is 127. The summed E-state index contributed by atoms with van der Waals surface area (Å²) in [5.74, 6) is -1.65. The van der Waals surface area contributed by atoms with Crippen molar-refractivity contribution in [2.45, 2.75) is 13.8 Å². The minimum atomic E-state index is -1.13. The molecule has 1 rings (SSSR count). The first-order valence-electron chi connectivity index (χ1n) is 5.82. The van der Waals surface area contributed by atoms with Crippen LogP contribution >= 0.6 is 22.6 Å². The Morgan fingerprint density at radius 3 is 2.60 bits per heavy atom. The molecule has 0 saturated heterocycles. The van der Waals surface area contributed by atoms with Crippen LogP contribution in [0.2, 0.25) is 0 Å². The van der Waals surface area contributed by atoms with Gasteiger partial charge in [-0.25, -0.2) is 4.39 Å². The van der Waals surface area contributed by atoms with Gasteiger partial charge >= 0.3 is 5.97 Å². The molecule has 1 aromatic rings. The third-order valence-corrected chi connectivity index (χ3v) is 3.29. The third kappa shape index (κ3) is 4.29. The van der Waals surface area contributed by atoms with Crippen LogP contribution < -0.4 is 4.90 Å². The summed E-state index contributed by atoms with van der Waals surface area (Å²) >= 11 is 1.66. The SMILES string of the molecule is CC(C)CN(CC(=O)O)c1cc(F)c(I)cc1[N+](=O)[O-]. The standard InChI is InChI=1S/C12H14FIN2O4/c1-7(2)5-15(6-12(17)18)10-3-8(13)9(14)4-11(10)16(19)20/h3-4,7H,5-6H2,1-2H3,(H,17,18). The third-order valence-electron chi connectivity index (χ3n) is 2.47. The number of anilines is 1.